The predicted octanol–water partition coefficient (Wildman–Crippen LogP) is 3.13. The predicted molar refractivity (Wildman–Crippen MR) is 95.3 cm³/mol. The molecule has 122 valence electrons. The number of benzene rings is 2. The standard InChI is InChI=1S/C19H15N5O/c25-19(18-10-7-15-3-1-2-4-17(15)23-18)22-16-8-5-14(6-9-16)11-24-13-20-12-21-24/h1-10,12-13H,11H2,(H,22,25). The van der Waals surface area contributed by atoms with Crippen molar-refractivity contribution in [3.63, 3.8) is 0 Å². The van der Waals surface area contributed by atoms with Gasteiger partial charge >= 0.3 is 0 Å². The van der Waals surface area contributed by atoms with Crippen molar-refractivity contribution in [3.8, 4) is 0 Å². The molecule has 0 saturated carbocycles. The highest BCUT2D eigenvalue weighted by Crippen LogP contribution is 2.14. The van der Waals surface area contributed by atoms with E-state index in [9.17, 15) is 4.79 Å². The Morgan fingerprint density at radius 3 is 2.64 bits per heavy atom. The van der Waals surface area contributed by atoms with E-state index in [1.165, 1.54) is 6.33 Å². The van der Waals surface area contributed by atoms with Gasteiger partial charge in [-0.1, -0.05) is 36.4 Å². The molecule has 0 unspecified atom stereocenters. The third kappa shape index (κ3) is 3.37. The maximum absolute atomic E-state index is 12.4. The van der Waals surface area contributed by atoms with Gasteiger partial charge in [-0.25, -0.2) is 14.6 Å². The van der Waals surface area contributed by atoms with E-state index in [1.807, 2.05) is 54.6 Å². The number of pyridine rings is 1. The lowest BCUT2D eigenvalue weighted by Gasteiger charge is -2.07. The molecular formula is C19H15N5O. The molecule has 0 radical (unpaired) electrons. The first kappa shape index (κ1) is 15.0. The van der Waals surface area contributed by atoms with Gasteiger partial charge in [0.05, 0.1) is 12.1 Å². The summed E-state index contributed by atoms with van der Waals surface area (Å²) in [5, 5.41) is 7.96. The Labute approximate surface area is 144 Å². The van der Waals surface area contributed by atoms with E-state index in [-0.39, 0.29) is 5.91 Å². The van der Waals surface area contributed by atoms with Crippen molar-refractivity contribution in [2.45, 2.75) is 6.54 Å². The number of rotatable bonds is 4. The number of aromatic nitrogens is 4. The minimum Gasteiger partial charge on any atom is -0.321 e. The lowest BCUT2D eigenvalue weighted by Crippen LogP contribution is -2.13. The Balaban J connectivity index is 1.47. The summed E-state index contributed by atoms with van der Waals surface area (Å²) >= 11 is 0. The maximum Gasteiger partial charge on any atom is 0.274 e. The maximum atomic E-state index is 12.4. The highest BCUT2D eigenvalue weighted by Gasteiger charge is 2.08. The second kappa shape index (κ2) is 6.52. The first-order valence-corrected chi connectivity index (χ1v) is 7.86. The third-order valence-electron chi connectivity index (χ3n) is 3.85. The van der Waals surface area contributed by atoms with Gasteiger partial charge < -0.3 is 5.32 Å². The molecule has 6 nitrogen and oxygen atoms in total. The van der Waals surface area contributed by atoms with Crippen molar-refractivity contribution >= 4 is 22.5 Å². The van der Waals surface area contributed by atoms with Crippen LogP contribution in [0, 0.1) is 0 Å². The van der Waals surface area contributed by atoms with Crippen LogP contribution in [0.1, 0.15) is 16.1 Å². The number of fused-ring (bicyclic) bond motifs is 1. The number of carbonyl (C=O) groups is 1. The van der Waals surface area contributed by atoms with Crippen LogP contribution in [0.3, 0.4) is 0 Å². The fraction of sp³-hybridized carbons (Fsp3) is 0.0526. The lowest BCUT2D eigenvalue weighted by atomic mass is 10.2. The van der Waals surface area contributed by atoms with E-state index in [0.29, 0.717) is 12.2 Å². The van der Waals surface area contributed by atoms with Crippen LogP contribution in [0.5, 0.6) is 0 Å². The lowest BCUT2D eigenvalue weighted by molar-refractivity contribution is 0.102. The molecule has 2 aromatic carbocycles. The molecule has 25 heavy (non-hydrogen) atoms. The van der Waals surface area contributed by atoms with E-state index in [4.69, 9.17) is 0 Å². The molecule has 1 amide bonds. The van der Waals surface area contributed by atoms with Crippen LogP contribution in [-0.4, -0.2) is 25.7 Å². The van der Waals surface area contributed by atoms with Crippen LogP contribution in [0.2, 0.25) is 0 Å². The minimum atomic E-state index is -0.227. The highest BCUT2D eigenvalue weighted by molar-refractivity contribution is 6.04. The smallest absolute Gasteiger partial charge is 0.274 e. The Bertz CT molecular complexity index is 1010. The second-order valence-corrected chi connectivity index (χ2v) is 5.63. The van der Waals surface area contributed by atoms with Crippen LogP contribution in [-0.2, 0) is 6.54 Å². The third-order valence-corrected chi connectivity index (χ3v) is 3.85. The minimum absolute atomic E-state index is 0.227. The van der Waals surface area contributed by atoms with Crippen LogP contribution in [0.25, 0.3) is 10.9 Å². The zero-order valence-electron chi connectivity index (χ0n) is 13.3. The molecule has 1 N–H and O–H groups in total. The van der Waals surface area contributed by atoms with Crippen LogP contribution >= 0.6 is 0 Å². The van der Waals surface area contributed by atoms with Gasteiger partial charge in [-0.2, -0.15) is 5.10 Å². The molecule has 6 heteroatoms. The molecular weight excluding hydrogens is 314 g/mol. The van der Waals surface area contributed by atoms with Gasteiger partial charge in [0, 0.05) is 11.1 Å². The topological polar surface area (TPSA) is 72.7 Å². The van der Waals surface area contributed by atoms with Crippen molar-refractivity contribution in [1.82, 2.24) is 19.7 Å². The van der Waals surface area contributed by atoms with Gasteiger partial charge in [0.2, 0.25) is 0 Å². The monoisotopic (exact) mass is 329 g/mol. The molecule has 0 aliphatic carbocycles. The zero-order chi connectivity index (χ0) is 17.1. The number of anilines is 1. The van der Waals surface area contributed by atoms with Gasteiger partial charge in [0.1, 0.15) is 18.3 Å². The average molecular weight is 329 g/mol. The van der Waals surface area contributed by atoms with Gasteiger partial charge in [-0.15, -0.1) is 0 Å². The molecule has 0 aliphatic rings. The van der Waals surface area contributed by atoms with E-state index in [0.717, 1.165) is 22.2 Å². The quantitative estimate of drug-likeness (QED) is 0.624. The Morgan fingerprint density at radius 2 is 1.84 bits per heavy atom. The largest absolute Gasteiger partial charge is 0.321 e. The van der Waals surface area contributed by atoms with Crippen LogP contribution < -0.4 is 5.32 Å². The molecule has 0 atom stereocenters. The molecule has 0 bridgehead atoms. The van der Waals surface area contributed by atoms with E-state index < -0.39 is 0 Å². The number of amides is 1. The summed E-state index contributed by atoms with van der Waals surface area (Å²) < 4.78 is 1.74. The molecule has 0 spiro atoms. The molecule has 0 aliphatic heterocycles. The Morgan fingerprint density at radius 1 is 1.00 bits per heavy atom. The molecule has 2 aromatic heterocycles. The van der Waals surface area contributed by atoms with E-state index in [1.54, 1.807) is 17.1 Å². The summed E-state index contributed by atoms with van der Waals surface area (Å²) in [4.78, 5) is 20.7. The summed E-state index contributed by atoms with van der Waals surface area (Å²) in [6.07, 6.45) is 3.17. The van der Waals surface area contributed by atoms with Gasteiger partial charge in [0.25, 0.3) is 5.91 Å². The first-order chi connectivity index (χ1) is 12.3. The number of hydrogen-bond donors (Lipinski definition) is 1. The van der Waals surface area contributed by atoms with Crippen molar-refractivity contribution < 1.29 is 4.79 Å². The first-order valence-electron chi connectivity index (χ1n) is 7.86. The number of carbonyl (C=O) groups excluding carboxylic acids is 1. The van der Waals surface area contributed by atoms with Crippen LogP contribution in [0.15, 0.2) is 73.3 Å². The Hall–Kier alpha value is -3.54. The number of nitrogens with one attached hydrogen (secondary N) is 1. The van der Waals surface area contributed by atoms with Crippen molar-refractivity contribution in [2.75, 3.05) is 5.32 Å². The molecule has 2 heterocycles. The summed E-state index contributed by atoms with van der Waals surface area (Å²) in [5.41, 5.74) is 3.00. The second-order valence-electron chi connectivity index (χ2n) is 5.63. The fourth-order valence-corrected chi connectivity index (χ4v) is 2.58. The number of para-hydroxylation sites is 1. The molecule has 0 fully saturated rings. The van der Waals surface area contributed by atoms with Crippen molar-refractivity contribution in [2.24, 2.45) is 0 Å². The van der Waals surface area contributed by atoms with E-state index in [2.05, 4.69) is 20.4 Å². The fourth-order valence-electron chi connectivity index (χ4n) is 2.58. The van der Waals surface area contributed by atoms with Gasteiger partial charge in [-0.3, -0.25) is 4.79 Å². The Kier molecular flexibility index (Phi) is 3.92. The van der Waals surface area contributed by atoms with E-state index >= 15 is 0 Å². The van der Waals surface area contributed by atoms with Gasteiger partial charge in [-0.05, 0) is 29.8 Å². The normalized spacial score (nSPS) is 10.7. The van der Waals surface area contributed by atoms with Crippen molar-refractivity contribution in [3.05, 3.63) is 84.6 Å². The number of hydrogen-bond acceptors (Lipinski definition) is 4. The zero-order valence-corrected chi connectivity index (χ0v) is 13.3. The SMILES string of the molecule is O=C(Nc1ccc(Cn2cncn2)cc1)c1ccc2ccccc2n1. The van der Waals surface area contributed by atoms with Crippen molar-refractivity contribution in [1.29, 1.82) is 0 Å². The van der Waals surface area contributed by atoms with Gasteiger partial charge in [0.15, 0.2) is 0 Å². The molecule has 0 saturated heterocycles. The summed E-state index contributed by atoms with van der Waals surface area (Å²) in [6, 6.07) is 19.0. The summed E-state index contributed by atoms with van der Waals surface area (Å²) in [6.45, 7) is 0.639. The number of nitrogens with zero attached hydrogens (tertiary/aromatic N) is 4. The van der Waals surface area contributed by atoms with Crippen LogP contribution in [0.4, 0.5) is 5.69 Å². The molecule has 4 rings (SSSR count). The summed E-state index contributed by atoms with van der Waals surface area (Å²) in [5.74, 6) is -0.227. The average Bonchev–Trinajstić information content (AvgIpc) is 3.16. The highest BCUT2D eigenvalue weighted by atomic mass is 16.1. The molecule has 4 aromatic rings. The summed E-state index contributed by atoms with van der Waals surface area (Å²) in [7, 11) is 0.